The monoisotopic (exact) mass is 392 g/mol. The number of carbonyl (C=O) groups excluding carboxylic acids is 2. The minimum absolute atomic E-state index is 0.0658. The molecular formula is C17H11Cl2FN4O2. The quantitative estimate of drug-likeness (QED) is 0.749. The van der Waals surface area contributed by atoms with E-state index in [0.717, 1.165) is 4.90 Å². The van der Waals surface area contributed by atoms with Gasteiger partial charge in [-0.05, 0) is 36.4 Å². The molecule has 0 saturated carbocycles. The Labute approximate surface area is 157 Å². The number of benzene rings is 2. The smallest absolute Gasteiger partial charge is 0.263 e. The Morgan fingerprint density at radius 3 is 2.46 bits per heavy atom. The fraction of sp³-hybridized carbons (Fsp3) is 0.176. The van der Waals surface area contributed by atoms with Gasteiger partial charge in [0.05, 0.1) is 12.2 Å². The van der Waals surface area contributed by atoms with Crippen molar-refractivity contribution in [2.24, 2.45) is 10.3 Å². The molecule has 2 heterocycles. The van der Waals surface area contributed by atoms with Crippen LogP contribution in [0.2, 0.25) is 10.0 Å². The van der Waals surface area contributed by atoms with Gasteiger partial charge >= 0.3 is 0 Å². The molecule has 0 radical (unpaired) electrons. The summed E-state index contributed by atoms with van der Waals surface area (Å²) in [6.45, 7) is -0.0658. The van der Waals surface area contributed by atoms with Crippen LogP contribution in [0.15, 0.2) is 52.8 Å². The lowest BCUT2D eigenvalue weighted by atomic mass is 10.1. The summed E-state index contributed by atoms with van der Waals surface area (Å²) in [5.74, 6) is -1.46. The third-order valence-electron chi connectivity index (χ3n) is 4.32. The molecule has 0 unspecified atom stereocenters. The second kappa shape index (κ2) is 6.34. The van der Waals surface area contributed by atoms with E-state index in [1.54, 1.807) is 30.3 Å². The molecule has 9 heteroatoms. The van der Waals surface area contributed by atoms with Crippen molar-refractivity contribution in [3.63, 3.8) is 0 Å². The van der Waals surface area contributed by atoms with Gasteiger partial charge < -0.3 is 0 Å². The first-order valence-corrected chi connectivity index (χ1v) is 8.46. The maximum Gasteiger partial charge on any atom is 0.263 e. The van der Waals surface area contributed by atoms with E-state index in [9.17, 15) is 14.0 Å². The van der Waals surface area contributed by atoms with E-state index in [-0.39, 0.29) is 17.1 Å². The van der Waals surface area contributed by atoms with Gasteiger partial charge in [0, 0.05) is 15.6 Å². The van der Waals surface area contributed by atoms with Gasteiger partial charge in [-0.1, -0.05) is 34.5 Å². The molecule has 0 N–H and O–H groups in total. The van der Waals surface area contributed by atoms with Crippen LogP contribution in [-0.2, 0) is 16.1 Å². The van der Waals surface area contributed by atoms with Gasteiger partial charge in [0.1, 0.15) is 5.82 Å². The van der Waals surface area contributed by atoms with Crippen LogP contribution in [0.5, 0.6) is 0 Å². The summed E-state index contributed by atoms with van der Waals surface area (Å²) < 4.78 is 14.0. The van der Waals surface area contributed by atoms with Crippen molar-refractivity contribution in [1.29, 1.82) is 0 Å². The van der Waals surface area contributed by atoms with Gasteiger partial charge in [-0.2, -0.15) is 5.11 Å². The van der Waals surface area contributed by atoms with Crippen LogP contribution >= 0.6 is 23.2 Å². The van der Waals surface area contributed by atoms with Crippen LogP contribution in [0, 0.1) is 5.82 Å². The Kier molecular flexibility index (Phi) is 4.13. The van der Waals surface area contributed by atoms with Crippen molar-refractivity contribution in [2.75, 3.05) is 4.90 Å². The number of fused-ring (bicyclic) bond motifs is 1. The van der Waals surface area contributed by atoms with E-state index in [1.807, 2.05) is 0 Å². The number of halogens is 3. The maximum atomic E-state index is 14.0. The summed E-state index contributed by atoms with van der Waals surface area (Å²) in [7, 11) is 0. The predicted octanol–water partition coefficient (Wildman–Crippen LogP) is 3.63. The lowest BCUT2D eigenvalue weighted by Crippen LogP contribution is -2.39. The summed E-state index contributed by atoms with van der Waals surface area (Å²) >= 11 is 11.9. The van der Waals surface area contributed by atoms with Crippen molar-refractivity contribution in [3.05, 3.63) is 63.9 Å². The zero-order valence-corrected chi connectivity index (χ0v) is 14.7. The highest BCUT2D eigenvalue weighted by Crippen LogP contribution is 2.34. The Hall–Kier alpha value is -2.51. The summed E-state index contributed by atoms with van der Waals surface area (Å²) in [5.41, 5.74) is 0.594. The Morgan fingerprint density at radius 2 is 1.77 bits per heavy atom. The number of hydrogen-bond acceptors (Lipinski definition) is 5. The van der Waals surface area contributed by atoms with Gasteiger partial charge in [0.15, 0.2) is 12.1 Å². The van der Waals surface area contributed by atoms with Crippen LogP contribution in [0.1, 0.15) is 5.56 Å². The normalized spacial score (nSPS) is 21.7. The molecule has 6 nitrogen and oxygen atoms in total. The molecule has 0 aromatic heterocycles. The Morgan fingerprint density at radius 1 is 1.04 bits per heavy atom. The largest absolute Gasteiger partial charge is 0.271 e. The lowest BCUT2D eigenvalue weighted by Gasteiger charge is -2.21. The molecule has 4 rings (SSSR count). The number of anilines is 1. The summed E-state index contributed by atoms with van der Waals surface area (Å²) in [5, 5.41) is 9.79. The molecule has 2 aliphatic heterocycles. The van der Waals surface area contributed by atoms with Crippen molar-refractivity contribution in [2.45, 2.75) is 18.6 Å². The molecule has 0 spiro atoms. The number of nitrogens with zero attached hydrogens (tertiary/aromatic N) is 4. The van der Waals surface area contributed by atoms with Crippen LogP contribution in [0.25, 0.3) is 0 Å². The zero-order chi connectivity index (χ0) is 18.4. The molecule has 0 bridgehead atoms. The van der Waals surface area contributed by atoms with Crippen molar-refractivity contribution in [1.82, 2.24) is 5.01 Å². The van der Waals surface area contributed by atoms with E-state index in [1.165, 1.54) is 17.1 Å². The van der Waals surface area contributed by atoms with Crippen molar-refractivity contribution >= 4 is 40.7 Å². The standard InChI is InChI=1S/C17H11Cl2FN4O2/c18-9-4-6-10(7-5-9)24-16(25)14-15(17(24)26)23(22-21-14)8-11-12(19)2-1-3-13(11)20/h1-7,14-15H,8H2/t14-,15-/m0/s1. The van der Waals surface area contributed by atoms with E-state index in [4.69, 9.17) is 23.2 Å². The lowest BCUT2D eigenvalue weighted by molar-refractivity contribution is -0.123. The number of rotatable bonds is 3. The van der Waals surface area contributed by atoms with Gasteiger partial charge in [0.25, 0.3) is 11.8 Å². The first-order chi connectivity index (χ1) is 12.5. The topological polar surface area (TPSA) is 65.3 Å². The summed E-state index contributed by atoms with van der Waals surface area (Å²) in [4.78, 5) is 26.5. The molecule has 2 aromatic rings. The number of hydrogen-bond donors (Lipinski definition) is 0. The van der Waals surface area contributed by atoms with E-state index < -0.39 is 29.7 Å². The van der Waals surface area contributed by atoms with Crippen molar-refractivity contribution in [3.8, 4) is 0 Å². The molecule has 1 saturated heterocycles. The fourth-order valence-electron chi connectivity index (χ4n) is 3.04. The van der Waals surface area contributed by atoms with Crippen molar-refractivity contribution < 1.29 is 14.0 Å². The molecule has 0 aliphatic carbocycles. The van der Waals surface area contributed by atoms with E-state index in [0.29, 0.717) is 10.7 Å². The highest BCUT2D eigenvalue weighted by Gasteiger charge is 2.54. The highest BCUT2D eigenvalue weighted by molar-refractivity contribution is 6.31. The number of carbonyl (C=O) groups is 2. The minimum atomic E-state index is -0.955. The summed E-state index contributed by atoms with van der Waals surface area (Å²) in [6.07, 6.45) is 0. The Bertz CT molecular complexity index is 915. The van der Waals surface area contributed by atoms with Gasteiger partial charge in [-0.15, -0.1) is 0 Å². The molecular weight excluding hydrogens is 382 g/mol. The second-order valence-electron chi connectivity index (χ2n) is 5.88. The van der Waals surface area contributed by atoms with Crippen LogP contribution in [0.3, 0.4) is 0 Å². The highest BCUT2D eigenvalue weighted by atomic mass is 35.5. The second-order valence-corrected chi connectivity index (χ2v) is 6.72. The SMILES string of the molecule is O=C1[C@H]2N=NN(Cc3c(F)cccc3Cl)[C@@H]2C(=O)N1c1ccc(Cl)cc1. The number of imide groups is 1. The third-order valence-corrected chi connectivity index (χ3v) is 4.93. The number of amides is 2. The molecule has 2 atom stereocenters. The van der Waals surface area contributed by atoms with Crippen LogP contribution < -0.4 is 4.90 Å². The van der Waals surface area contributed by atoms with Gasteiger partial charge in [-0.3, -0.25) is 14.6 Å². The molecule has 132 valence electrons. The Balaban J connectivity index is 1.63. The maximum absolute atomic E-state index is 14.0. The minimum Gasteiger partial charge on any atom is -0.271 e. The van der Waals surface area contributed by atoms with E-state index >= 15 is 0 Å². The predicted molar refractivity (Wildman–Crippen MR) is 93.3 cm³/mol. The fourth-order valence-corrected chi connectivity index (χ4v) is 3.39. The first-order valence-electron chi connectivity index (χ1n) is 7.71. The van der Waals surface area contributed by atoms with Gasteiger partial charge in [-0.25, -0.2) is 9.29 Å². The molecule has 26 heavy (non-hydrogen) atoms. The summed E-state index contributed by atoms with van der Waals surface area (Å²) in [6, 6.07) is 8.76. The zero-order valence-electron chi connectivity index (χ0n) is 13.1. The average molecular weight is 393 g/mol. The molecule has 1 fully saturated rings. The van der Waals surface area contributed by atoms with E-state index in [2.05, 4.69) is 10.3 Å². The average Bonchev–Trinajstić information content (AvgIpc) is 3.13. The molecule has 2 aliphatic rings. The van der Waals surface area contributed by atoms with Crippen LogP contribution in [0.4, 0.5) is 10.1 Å². The van der Waals surface area contributed by atoms with Gasteiger partial charge in [0.2, 0.25) is 0 Å². The first kappa shape index (κ1) is 16.9. The third kappa shape index (κ3) is 2.64. The molecule has 2 aromatic carbocycles. The molecule has 2 amide bonds. The van der Waals surface area contributed by atoms with Crippen LogP contribution in [-0.4, -0.2) is 28.9 Å².